The number of hydrogen-bond donors (Lipinski definition) is 1. The van der Waals surface area contributed by atoms with Crippen LogP contribution in [-0.2, 0) is 17.9 Å². The second kappa shape index (κ2) is 14.9. The van der Waals surface area contributed by atoms with Crippen LogP contribution in [0.3, 0.4) is 0 Å². The third kappa shape index (κ3) is 9.53. The van der Waals surface area contributed by atoms with Crippen LogP contribution in [-0.4, -0.2) is 52.5 Å². The van der Waals surface area contributed by atoms with E-state index in [4.69, 9.17) is 0 Å². The molecule has 188 valence electrons. The summed E-state index contributed by atoms with van der Waals surface area (Å²) in [5.74, 6) is 0.285. The van der Waals surface area contributed by atoms with E-state index in [9.17, 15) is 9.59 Å². The average molecular weight is 534 g/mol. The van der Waals surface area contributed by atoms with Crippen LogP contribution in [0.1, 0.15) is 64.6 Å². The Labute approximate surface area is 213 Å². The monoisotopic (exact) mass is 532 g/mol. The number of carbonyl (C=O) groups excluding carboxylic acids is 2. The lowest BCUT2D eigenvalue weighted by molar-refractivity contribution is -0.132. The molecule has 0 aliphatic carbocycles. The number of unbranched alkanes of at least 4 members (excludes halogenated alkanes) is 2. The first kappa shape index (κ1) is 28.0. The lowest BCUT2D eigenvalue weighted by Gasteiger charge is -2.29. The Balaban J connectivity index is 2.11. The van der Waals surface area contributed by atoms with Crippen molar-refractivity contribution < 1.29 is 9.59 Å². The maximum Gasteiger partial charge on any atom is 0.317 e. The topological polar surface area (TPSA) is 57.6 Å². The fraction of sp³-hybridized carbons (Fsp3) is 0.556. The van der Waals surface area contributed by atoms with E-state index in [-0.39, 0.29) is 24.4 Å². The maximum absolute atomic E-state index is 13.4. The first-order valence-corrected chi connectivity index (χ1v) is 13.3. The summed E-state index contributed by atoms with van der Waals surface area (Å²) in [6, 6.07) is 12.3. The highest BCUT2D eigenvalue weighted by molar-refractivity contribution is 9.10. The zero-order valence-electron chi connectivity index (χ0n) is 21.2. The van der Waals surface area contributed by atoms with Crippen LogP contribution in [0.15, 0.2) is 47.1 Å². The minimum absolute atomic E-state index is 0.00358. The van der Waals surface area contributed by atoms with Crippen LogP contribution >= 0.6 is 15.9 Å². The molecule has 0 radical (unpaired) electrons. The Kier molecular flexibility index (Phi) is 12.2. The molecule has 6 nitrogen and oxygen atoms in total. The van der Waals surface area contributed by atoms with Gasteiger partial charge in [0.2, 0.25) is 5.91 Å². The van der Waals surface area contributed by atoms with Gasteiger partial charge in [-0.3, -0.25) is 4.79 Å². The van der Waals surface area contributed by atoms with Crippen molar-refractivity contribution in [2.24, 2.45) is 5.92 Å². The Morgan fingerprint density at radius 1 is 1.03 bits per heavy atom. The third-order valence-corrected chi connectivity index (χ3v) is 6.21. The molecule has 0 saturated carbocycles. The van der Waals surface area contributed by atoms with Gasteiger partial charge in [0.05, 0.1) is 6.54 Å². The van der Waals surface area contributed by atoms with Crippen LogP contribution in [0.4, 0.5) is 4.79 Å². The van der Waals surface area contributed by atoms with Crippen molar-refractivity contribution in [1.29, 1.82) is 0 Å². The predicted octanol–water partition coefficient (Wildman–Crippen LogP) is 5.90. The Bertz CT molecular complexity index is 879. The first-order valence-electron chi connectivity index (χ1n) is 12.5. The molecule has 34 heavy (non-hydrogen) atoms. The van der Waals surface area contributed by atoms with E-state index >= 15 is 0 Å². The molecule has 2 rings (SSSR count). The van der Waals surface area contributed by atoms with Gasteiger partial charge >= 0.3 is 6.03 Å². The number of urea groups is 1. The smallest absolute Gasteiger partial charge is 0.317 e. The van der Waals surface area contributed by atoms with Crippen molar-refractivity contribution in [2.45, 2.75) is 66.5 Å². The van der Waals surface area contributed by atoms with Gasteiger partial charge in [0.25, 0.3) is 0 Å². The lowest BCUT2D eigenvalue weighted by atomic mass is 10.2. The highest BCUT2D eigenvalue weighted by atomic mass is 79.9. The molecule has 0 aliphatic rings. The largest absolute Gasteiger partial charge is 0.345 e. The van der Waals surface area contributed by atoms with Crippen molar-refractivity contribution in [3.8, 4) is 0 Å². The highest BCUT2D eigenvalue weighted by Crippen LogP contribution is 2.15. The minimum Gasteiger partial charge on any atom is -0.345 e. The number of aromatic nitrogens is 1. The minimum atomic E-state index is -0.149. The quantitative estimate of drug-likeness (QED) is 0.308. The predicted molar refractivity (Wildman–Crippen MR) is 143 cm³/mol. The number of nitrogens with zero attached hydrogens (tertiary/aromatic N) is 3. The fourth-order valence-corrected chi connectivity index (χ4v) is 4.04. The molecule has 1 aromatic carbocycles. The summed E-state index contributed by atoms with van der Waals surface area (Å²) >= 11 is 3.49. The molecule has 0 aliphatic heterocycles. The number of hydrogen-bond acceptors (Lipinski definition) is 2. The molecule has 1 aromatic heterocycles. The SMILES string of the molecule is CCCCNC(=O)N(CC(=O)N(CCCC)Cc1cccn1Cc1ccc(Br)cc1)CC(C)C. The van der Waals surface area contributed by atoms with Crippen LogP contribution in [0, 0.1) is 5.92 Å². The summed E-state index contributed by atoms with van der Waals surface area (Å²) in [6.07, 6.45) is 5.97. The first-order chi connectivity index (χ1) is 16.3. The van der Waals surface area contributed by atoms with Crippen LogP contribution in [0.25, 0.3) is 0 Å². The molecule has 0 atom stereocenters. The van der Waals surface area contributed by atoms with E-state index in [1.165, 1.54) is 5.56 Å². The Hall–Kier alpha value is -2.28. The van der Waals surface area contributed by atoms with Gasteiger partial charge in [0.15, 0.2) is 0 Å². The molecule has 2 aromatic rings. The second-order valence-electron chi connectivity index (χ2n) is 9.28. The van der Waals surface area contributed by atoms with Gasteiger partial charge in [-0.2, -0.15) is 0 Å². The van der Waals surface area contributed by atoms with Gasteiger partial charge in [0.1, 0.15) is 6.54 Å². The molecule has 1 N–H and O–H groups in total. The lowest BCUT2D eigenvalue weighted by Crippen LogP contribution is -2.48. The van der Waals surface area contributed by atoms with Gasteiger partial charge < -0.3 is 19.7 Å². The van der Waals surface area contributed by atoms with Crippen molar-refractivity contribution >= 4 is 27.9 Å². The number of amides is 3. The van der Waals surface area contributed by atoms with Crippen LogP contribution in [0.5, 0.6) is 0 Å². The summed E-state index contributed by atoms with van der Waals surface area (Å²) in [6.45, 7) is 11.7. The molecule has 0 unspecified atom stereocenters. The summed E-state index contributed by atoms with van der Waals surface area (Å²) in [5, 5.41) is 2.97. The molecule has 1 heterocycles. The van der Waals surface area contributed by atoms with Gasteiger partial charge in [0, 0.05) is 42.5 Å². The van der Waals surface area contributed by atoms with E-state index in [2.05, 4.69) is 77.9 Å². The molecule has 3 amide bonds. The van der Waals surface area contributed by atoms with Crippen LogP contribution < -0.4 is 5.32 Å². The summed E-state index contributed by atoms with van der Waals surface area (Å²) in [7, 11) is 0. The maximum atomic E-state index is 13.4. The third-order valence-electron chi connectivity index (χ3n) is 5.68. The molecule has 0 bridgehead atoms. The summed E-state index contributed by atoms with van der Waals surface area (Å²) in [5.41, 5.74) is 2.30. The number of benzene rings is 1. The number of rotatable bonds is 14. The van der Waals surface area contributed by atoms with Crippen molar-refractivity contribution in [3.05, 3.63) is 58.3 Å². The van der Waals surface area contributed by atoms with Crippen molar-refractivity contribution in [1.82, 2.24) is 19.7 Å². The van der Waals surface area contributed by atoms with Gasteiger partial charge in [-0.05, 0) is 48.6 Å². The molecular formula is C27H41BrN4O2. The number of nitrogens with one attached hydrogen (secondary N) is 1. The van der Waals surface area contributed by atoms with Gasteiger partial charge in [-0.15, -0.1) is 0 Å². The summed E-state index contributed by atoms with van der Waals surface area (Å²) in [4.78, 5) is 29.7. The Morgan fingerprint density at radius 3 is 2.38 bits per heavy atom. The number of carbonyl (C=O) groups is 2. The molecule has 0 saturated heterocycles. The van der Waals surface area contributed by atoms with E-state index in [0.717, 1.165) is 42.4 Å². The van der Waals surface area contributed by atoms with Crippen molar-refractivity contribution in [2.75, 3.05) is 26.2 Å². The number of halogens is 1. The zero-order valence-corrected chi connectivity index (χ0v) is 22.8. The van der Waals surface area contributed by atoms with Crippen LogP contribution in [0.2, 0.25) is 0 Å². The zero-order chi connectivity index (χ0) is 24.9. The van der Waals surface area contributed by atoms with E-state index in [1.54, 1.807) is 4.90 Å². The van der Waals surface area contributed by atoms with E-state index in [0.29, 0.717) is 26.2 Å². The fourth-order valence-electron chi connectivity index (χ4n) is 3.78. The Morgan fingerprint density at radius 2 is 1.74 bits per heavy atom. The molecule has 0 spiro atoms. The highest BCUT2D eigenvalue weighted by Gasteiger charge is 2.22. The second-order valence-corrected chi connectivity index (χ2v) is 10.2. The average Bonchev–Trinajstić information content (AvgIpc) is 3.23. The normalized spacial score (nSPS) is 11.0. The molecule has 0 fully saturated rings. The van der Waals surface area contributed by atoms with E-state index in [1.807, 2.05) is 23.1 Å². The standard InChI is InChI=1S/C27H41BrN4O2/c1-5-7-15-29-27(34)32(18-22(3)4)21-26(33)31(16-8-6-2)20-25-10-9-17-30(25)19-23-11-13-24(28)14-12-23/h9-14,17,22H,5-8,15-16,18-21H2,1-4H3,(H,29,34). The van der Waals surface area contributed by atoms with E-state index < -0.39 is 0 Å². The van der Waals surface area contributed by atoms with Gasteiger partial charge in [-0.1, -0.05) is 68.6 Å². The molecular weight excluding hydrogens is 492 g/mol. The summed E-state index contributed by atoms with van der Waals surface area (Å²) < 4.78 is 3.25. The molecule has 7 heteroatoms. The van der Waals surface area contributed by atoms with Gasteiger partial charge in [-0.25, -0.2) is 4.79 Å². The van der Waals surface area contributed by atoms with Crippen molar-refractivity contribution in [3.63, 3.8) is 0 Å².